The molecule has 1 aromatic heterocycles. The number of aryl methyl sites for hydroxylation is 1. The van der Waals surface area contributed by atoms with Crippen molar-refractivity contribution in [1.82, 2.24) is 15.4 Å². The van der Waals surface area contributed by atoms with Crippen LogP contribution in [0, 0.1) is 0 Å². The molecule has 1 aromatic rings. The second-order valence-electron chi connectivity index (χ2n) is 6.82. The Morgan fingerprint density at radius 2 is 1.91 bits per heavy atom. The first kappa shape index (κ1) is 19.7. The molecule has 1 amide bonds. The maximum Gasteiger partial charge on any atom is 0.273 e. The van der Waals surface area contributed by atoms with Crippen LogP contribution in [0.4, 0.5) is 0 Å². The molecule has 5 nitrogen and oxygen atoms in total. The topological polar surface area (TPSA) is 58.4 Å². The van der Waals surface area contributed by atoms with Crippen LogP contribution in [-0.2, 0) is 6.42 Å². The zero-order chi connectivity index (χ0) is 17.7. The zero-order valence-corrected chi connectivity index (χ0v) is 15.8. The summed E-state index contributed by atoms with van der Waals surface area (Å²) in [6, 6.07) is 1.72. The lowest BCUT2D eigenvalue weighted by Gasteiger charge is -2.51. The monoisotopic (exact) mass is 323 g/mol. The summed E-state index contributed by atoms with van der Waals surface area (Å²) in [6.45, 7) is 16.9. The van der Waals surface area contributed by atoms with Gasteiger partial charge >= 0.3 is 0 Å². The first-order valence-electron chi connectivity index (χ1n) is 8.78. The van der Waals surface area contributed by atoms with Crippen LogP contribution >= 0.6 is 0 Å². The van der Waals surface area contributed by atoms with Crippen molar-refractivity contribution >= 4 is 5.91 Å². The van der Waals surface area contributed by atoms with Crippen LogP contribution in [0.1, 0.15) is 77.6 Å². The lowest BCUT2D eigenvalue weighted by molar-refractivity contribution is 0.0232. The number of likely N-dealkylation sites (N-methyl/N-ethyl adjacent to an activating group) is 1. The fourth-order valence-corrected chi connectivity index (χ4v) is 3.15. The zero-order valence-electron chi connectivity index (χ0n) is 15.8. The van der Waals surface area contributed by atoms with Crippen LogP contribution in [0.25, 0.3) is 0 Å². The minimum atomic E-state index is -0.394. The lowest BCUT2D eigenvalue weighted by atomic mass is 9.76. The van der Waals surface area contributed by atoms with Crippen molar-refractivity contribution in [2.75, 3.05) is 13.1 Å². The van der Waals surface area contributed by atoms with Gasteiger partial charge in [-0.25, -0.2) is 0 Å². The quantitative estimate of drug-likeness (QED) is 0.753. The second kappa shape index (κ2) is 7.95. The Morgan fingerprint density at radius 3 is 2.35 bits per heavy atom. The average molecular weight is 323 g/mol. The largest absolute Gasteiger partial charge is 0.361 e. The SMILES string of the molecule is CCCN(CC)C(C)(CC)C(C)(C)NC(=O)c1cc(CC)on1. The van der Waals surface area contributed by atoms with Crippen molar-refractivity contribution in [3.8, 4) is 0 Å². The van der Waals surface area contributed by atoms with Gasteiger partial charge in [0, 0.05) is 18.0 Å². The molecule has 0 aliphatic rings. The Bertz CT molecular complexity index is 510. The number of nitrogens with zero attached hydrogens (tertiary/aromatic N) is 2. The Labute approximate surface area is 140 Å². The molecule has 1 atom stereocenters. The van der Waals surface area contributed by atoms with Crippen LogP contribution in [0.2, 0.25) is 0 Å². The van der Waals surface area contributed by atoms with Crippen LogP contribution in [-0.4, -0.2) is 40.1 Å². The Hall–Kier alpha value is -1.36. The van der Waals surface area contributed by atoms with Gasteiger partial charge in [0.25, 0.3) is 5.91 Å². The molecule has 132 valence electrons. The van der Waals surface area contributed by atoms with Crippen molar-refractivity contribution in [1.29, 1.82) is 0 Å². The molecule has 0 saturated heterocycles. The number of amides is 1. The van der Waals surface area contributed by atoms with E-state index < -0.39 is 5.54 Å². The fourth-order valence-electron chi connectivity index (χ4n) is 3.15. The van der Waals surface area contributed by atoms with E-state index in [0.717, 1.165) is 38.1 Å². The van der Waals surface area contributed by atoms with E-state index in [2.05, 4.69) is 56.9 Å². The highest BCUT2D eigenvalue weighted by atomic mass is 16.5. The van der Waals surface area contributed by atoms with Gasteiger partial charge in [-0.3, -0.25) is 9.69 Å². The number of hydrogen-bond acceptors (Lipinski definition) is 4. The molecule has 1 rings (SSSR count). The molecule has 0 aliphatic heterocycles. The van der Waals surface area contributed by atoms with E-state index in [4.69, 9.17) is 4.52 Å². The van der Waals surface area contributed by atoms with Crippen LogP contribution in [0.5, 0.6) is 0 Å². The molecule has 23 heavy (non-hydrogen) atoms. The van der Waals surface area contributed by atoms with E-state index in [1.165, 1.54) is 0 Å². The Morgan fingerprint density at radius 1 is 1.26 bits per heavy atom. The summed E-state index contributed by atoms with van der Waals surface area (Å²) in [4.78, 5) is 15.0. The van der Waals surface area contributed by atoms with Gasteiger partial charge in [0.05, 0.1) is 5.54 Å². The summed E-state index contributed by atoms with van der Waals surface area (Å²) >= 11 is 0. The predicted molar refractivity (Wildman–Crippen MR) is 93.7 cm³/mol. The summed E-state index contributed by atoms with van der Waals surface area (Å²) in [5.74, 6) is 0.554. The smallest absolute Gasteiger partial charge is 0.273 e. The molecule has 0 fully saturated rings. The molecular weight excluding hydrogens is 290 g/mol. The molecular formula is C18H33N3O2. The molecule has 1 N–H and O–H groups in total. The van der Waals surface area contributed by atoms with E-state index in [1.807, 2.05) is 6.92 Å². The van der Waals surface area contributed by atoms with Crippen molar-refractivity contribution < 1.29 is 9.32 Å². The fraction of sp³-hybridized carbons (Fsp3) is 0.778. The van der Waals surface area contributed by atoms with Gasteiger partial charge in [0.1, 0.15) is 5.76 Å². The van der Waals surface area contributed by atoms with E-state index in [0.29, 0.717) is 5.69 Å². The maximum atomic E-state index is 12.6. The molecule has 0 aliphatic carbocycles. The predicted octanol–water partition coefficient (Wildman–Crippen LogP) is 3.65. The van der Waals surface area contributed by atoms with Crippen molar-refractivity contribution in [3.05, 3.63) is 17.5 Å². The second-order valence-corrected chi connectivity index (χ2v) is 6.82. The highest BCUT2D eigenvalue weighted by Crippen LogP contribution is 2.32. The number of carbonyl (C=O) groups is 1. The average Bonchev–Trinajstić information content (AvgIpc) is 3.00. The standard InChI is InChI=1S/C18H33N3O2/c1-8-12-21(11-4)18(7,10-3)17(5,6)19-16(22)15-13-14(9-2)23-20-15/h13H,8-12H2,1-7H3,(H,19,22). The Kier molecular flexibility index (Phi) is 6.81. The summed E-state index contributed by atoms with van der Waals surface area (Å²) in [7, 11) is 0. The molecule has 5 heteroatoms. The molecule has 0 bridgehead atoms. The molecule has 0 radical (unpaired) electrons. The first-order valence-corrected chi connectivity index (χ1v) is 8.78. The summed E-state index contributed by atoms with van der Waals surface area (Å²) in [6.07, 6.45) is 2.78. The minimum absolute atomic E-state index is 0.134. The number of hydrogen-bond donors (Lipinski definition) is 1. The minimum Gasteiger partial charge on any atom is -0.361 e. The number of rotatable bonds is 9. The van der Waals surface area contributed by atoms with Gasteiger partial charge in [-0.15, -0.1) is 0 Å². The van der Waals surface area contributed by atoms with Gasteiger partial charge < -0.3 is 9.84 Å². The molecule has 1 unspecified atom stereocenters. The highest BCUT2D eigenvalue weighted by Gasteiger charge is 2.44. The third kappa shape index (κ3) is 4.14. The highest BCUT2D eigenvalue weighted by molar-refractivity contribution is 5.92. The van der Waals surface area contributed by atoms with Gasteiger partial charge in [0.15, 0.2) is 5.69 Å². The maximum absolute atomic E-state index is 12.6. The van der Waals surface area contributed by atoms with Gasteiger partial charge in [-0.2, -0.15) is 0 Å². The van der Waals surface area contributed by atoms with E-state index in [9.17, 15) is 4.79 Å². The number of carbonyl (C=O) groups excluding carboxylic acids is 1. The van der Waals surface area contributed by atoms with Gasteiger partial charge in [-0.1, -0.05) is 32.9 Å². The molecule has 1 heterocycles. The number of nitrogens with one attached hydrogen (secondary N) is 1. The van der Waals surface area contributed by atoms with E-state index in [-0.39, 0.29) is 11.4 Å². The summed E-state index contributed by atoms with van der Waals surface area (Å²) in [5, 5.41) is 7.05. The first-order chi connectivity index (χ1) is 10.8. The normalized spacial score (nSPS) is 14.8. The van der Waals surface area contributed by atoms with Crippen LogP contribution in [0.15, 0.2) is 10.6 Å². The van der Waals surface area contributed by atoms with E-state index in [1.54, 1.807) is 6.07 Å². The van der Waals surface area contributed by atoms with Crippen molar-refractivity contribution in [2.24, 2.45) is 0 Å². The van der Waals surface area contributed by atoms with E-state index >= 15 is 0 Å². The van der Waals surface area contributed by atoms with Gasteiger partial charge in [-0.05, 0) is 46.7 Å². The lowest BCUT2D eigenvalue weighted by Crippen LogP contribution is -2.66. The third-order valence-corrected chi connectivity index (χ3v) is 5.17. The van der Waals surface area contributed by atoms with Crippen LogP contribution < -0.4 is 5.32 Å². The molecule has 0 saturated carbocycles. The molecule has 0 aromatic carbocycles. The Balaban J connectivity index is 2.99. The third-order valence-electron chi connectivity index (χ3n) is 5.17. The number of aromatic nitrogens is 1. The van der Waals surface area contributed by atoms with Crippen molar-refractivity contribution in [2.45, 2.75) is 78.8 Å². The van der Waals surface area contributed by atoms with Crippen molar-refractivity contribution in [3.63, 3.8) is 0 Å². The van der Waals surface area contributed by atoms with Crippen LogP contribution in [0.3, 0.4) is 0 Å². The summed E-state index contributed by atoms with van der Waals surface area (Å²) < 4.78 is 5.15. The summed E-state index contributed by atoms with van der Waals surface area (Å²) in [5.41, 5.74) is -0.174. The molecule has 0 spiro atoms. The van der Waals surface area contributed by atoms with Gasteiger partial charge in [0.2, 0.25) is 0 Å².